The van der Waals surface area contributed by atoms with E-state index in [0.29, 0.717) is 35.2 Å². The number of ether oxygens (including phenoxy) is 1. The van der Waals surface area contributed by atoms with Crippen molar-refractivity contribution in [3.05, 3.63) is 66.4 Å². The Morgan fingerprint density at radius 1 is 1.19 bits per heavy atom. The molecular weight excluding hydrogens is 401 g/mol. The standard InChI is InChI=1S/C23H24FN3O4/c1-3-27(15-21(28)26-16-7-6-8-17(13-16)30-2)23(29)12-11-22-25-14-20(31-22)18-9-4-5-10-19(18)24/h4-10,13-14H,3,11-12,15H2,1-2H3,(H,26,28). The Bertz CT molecular complexity index is 1050. The first-order chi connectivity index (χ1) is 15.0. The molecule has 162 valence electrons. The number of amides is 2. The topological polar surface area (TPSA) is 84.7 Å². The molecule has 0 saturated carbocycles. The second-order valence-corrected chi connectivity index (χ2v) is 6.79. The molecule has 0 aliphatic heterocycles. The summed E-state index contributed by atoms with van der Waals surface area (Å²) >= 11 is 0. The molecule has 0 saturated heterocycles. The summed E-state index contributed by atoms with van der Waals surface area (Å²) in [5.41, 5.74) is 0.908. The van der Waals surface area contributed by atoms with E-state index in [1.165, 1.54) is 17.2 Å². The second kappa shape index (κ2) is 10.4. The molecule has 0 aliphatic carbocycles. The third kappa shape index (κ3) is 5.91. The van der Waals surface area contributed by atoms with Gasteiger partial charge in [0.2, 0.25) is 11.8 Å². The SMILES string of the molecule is CCN(CC(=O)Nc1cccc(OC)c1)C(=O)CCc1ncc(-c2ccccc2F)o1. The molecule has 1 heterocycles. The Morgan fingerprint density at radius 3 is 2.74 bits per heavy atom. The zero-order valence-electron chi connectivity index (χ0n) is 17.4. The van der Waals surface area contributed by atoms with Crippen LogP contribution in [0, 0.1) is 5.82 Å². The second-order valence-electron chi connectivity index (χ2n) is 6.79. The highest BCUT2D eigenvalue weighted by Crippen LogP contribution is 2.23. The van der Waals surface area contributed by atoms with Gasteiger partial charge in [-0.15, -0.1) is 0 Å². The number of oxazole rings is 1. The van der Waals surface area contributed by atoms with E-state index < -0.39 is 5.82 Å². The minimum Gasteiger partial charge on any atom is -0.497 e. The summed E-state index contributed by atoms with van der Waals surface area (Å²) < 4.78 is 24.6. The van der Waals surface area contributed by atoms with Crippen LogP contribution in [0.3, 0.4) is 0 Å². The highest BCUT2D eigenvalue weighted by atomic mass is 19.1. The Labute approximate surface area is 179 Å². The van der Waals surface area contributed by atoms with Gasteiger partial charge in [0.05, 0.1) is 25.4 Å². The predicted molar refractivity (Wildman–Crippen MR) is 114 cm³/mol. The maximum Gasteiger partial charge on any atom is 0.243 e. The highest BCUT2D eigenvalue weighted by Gasteiger charge is 2.17. The van der Waals surface area contributed by atoms with Gasteiger partial charge in [-0.2, -0.15) is 0 Å². The molecule has 1 N–H and O–H groups in total. The normalized spacial score (nSPS) is 10.5. The van der Waals surface area contributed by atoms with Crippen molar-refractivity contribution in [2.45, 2.75) is 19.8 Å². The number of carbonyl (C=O) groups excluding carboxylic acids is 2. The smallest absolute Gasteiger partial charge is 0.243 e. The van der Waals surface area contributed by atoms with E-state index in [9.17, 15) is 14.0 Å². The van der Waals surface area contributed by atoms with Crippen LogP contribution in [0.15, 0.2) is 59.1 Å². The fourth-order valence-corrected chi connectivity index (χ4v) is 3.03. The molecule has 0 radical (unpaired) electrons. The minimum absolute atomic E-state index is 0.0708. The Morgan fingerprint density at radius 2 is 2.00 bits per heavy atom. The Balaban J connectivity index is 1.54. The molecule has 31 heavy (non-hydrogen) atoms. The third-order valence-corrected chi connectivity index (χ3v) is 4.67. The van der Waals surface area contributed by atoms with Crippen molar-refractivity contribution in [2.75, 3.05) is 25.5 Å². The summed E-state index contributed by atoms with van der Waals surface area (Å²) in [7, 11) is 1.55. The molecule has 0 atom stereocenters. The van der Waals surface area contributed by atoms with Crippen molar-refractivity contribution in [2.24, 2.45) is 0 Å². The molecule has 0 fully saturated rings. The summed E-state index contributed by atoms with van der Waals surface area (Å²) in [6.07, 6.45) is 1.82. The molecule has 8 heteroatoms. The van der Waals surface area contributed by atoms with E-state index in [-0.39, 0.29) is 31.2 Å². The van der Waals surface area contributed by atoms with Gasteiger partial charge in [0, 0.05) is 31.1 Å². The van der Waals surface area contributed by atoms with Crippen LogP contribution in [0.4, 0.5) is 10.1 Å². The van der Waals surface area contributed by atoms with Crippen molar-refractivity contribution in [3.63, 3.8) is 0 Å². The molecule has 0 spiro atoms. The molecule has 3 aromatic rings. The number of anilines is 1. The number of nitrogens with one attached hydrogen (secondary N) is 1. The van der Waals surface area contributed by atoms with Crippen LogP contribution < -0.4 is 10.1 Å². The van der Waals surface area contributed by atoms with E-state index in [1.807, 2.05) is 0 Å². The predicted octanol–water partition coefficient (Wildman–Crippen LogP) is 3.91. The number of rotatable bonds is 9. The quantitative estimate of drug-likeness (QED) is 0.562. The molecule has 0 bridgehead atoms. The maximum atomic E-state index is 13.9. The molecule has 1 aromatic heterocycles. The van der Waals surface area contributed by atoms with Crippen LogP contribution in [0.25, 0.3) is 11.3 Å². The van der Waals surface area contributed by atoms with E-state index >= 15 is 0 Å². The zero-order valence-corrected chi connectivity index (χ0v) is 17.4. The average molecular weight is 425 g/mol. The first kappa shape index (κ1) is 22.0. The van der Waals surface area contributed by atoms with E-state index in [1.54, 1.807) is 56.5 Å². The van der Waals surface area contributed by atoms with Gasteiger partial charge in [0.1, 0.15) is 11.6 Å². The first-order valence-corrected chi connectivity index (χ1v) is 9.91. The number of methoxy groups -OCH3 is 1. The lowest BCUT2D eigenvalue weighted by Crippen LogP contribution is -2.38. The van der Waals surface area contributed by atoms with Crippen LogP contribution in [0.1, 0.15) is 19.2 Å². The van der Waals surface area contributed by atoms with Gasteiger partial charge in [0.25, 0.3) is 0 Å². The lowest BCUT2D eigenvalue weighted by molar-refractivity contribution is -0.134. The van der Waals surface area contributed by atoms with Crippen molar-refractivity contribution in [3.8, 4) is 17.1 Å². The van der Waals surface area contributed by atoms with Gasteiger partial charge in [-0.3, -0.25) is 9.59 Å². The number of nitrogens with zero attached hydrogens (tertiary/aromatic N) is 2. The van der Waals surface area contributed by atoms with Crippen LogP contribution in [0.2, 0.25) is 0 Å². The lowest BCUT2D eigenvalue weighted by Gasteiger charge is -2.20. The van der Waals surface area contributed by atoms with Gasteiger partial charge < -0.3 is 19.4 Å². The largest absolute Gasteiger partial charge is 0.497 e. The van der Waals surface area contributed by atoms with Crippen LogP contribution in [-0.2, 0) is 16.0 Å². The zero-order chi connectivity index (χ0) is 22.2. The highest BCUT2D eigenvalue weighted by molar-refractivity contribution is 5.94. The minimum atomic E-state index is -0.402. The van der Waals surface area contributed by atoms with Crippen LogP contribution >= 0.6 is 0 Å². The molecule has 3 rings (SSSR count). The number of aryl methyl sites for hydroxylation is 1. The number of halogens is 1. The maximum absolute atomic E-state index is 13.9. The first-order valence-electron chi connectivity index (χ1n) is 9.91. The summed E-state index contributed by atoms with van der Waals surface area (Å²) in [5, 5.41) is 2.76. The van der Waals surface area contributed by atoms with Crippen LogP contribution in [-0.4, -0.2) is 41.9 Å². The molecule has 2 aromatic carbocycles. The number of carbonyl (C=O) groups is 2. The van der Waals surface area contributed by atoms with Crippen molar-refractivity contribution >= 4 is 17.5 Å². The number of hydrogen-bond acceptors (Lipinski definition) is 5. The summed E-state index contributed by atoms with van der Waals surface area (Å²) in [4.78, 5) is 30.5. The molecule has 0 unspecified atom stereocenters. The fourth-order valence-electron chi connectivity index (χ4n) is 3.03. The number of aromatic nitrogens is 1. The number of likely N-dealkylation sites (N-methyl/N-ethyl adjacent to an activating group) is 1. The van der Waals surface area contributed by atoms with E-state index in [2.05, 4.69) is 10.3 Å². The van der Waals surface area contributed by atoms with Gasteiger partial charge in [-0.1, -0.05) is 18.2 Å². The average Bonchev–Trinajstić information content (AvgIpc) is 3.25. The Kier molecular flexibility index (Phi) is 7.37. The van der Waals surface area contributed by atoms with Crippen LogP contribution in [0.5, 0.6) is 5.75 Å². The molecule has 0 aliphatic rings. The monoisotopic (exact) mass is 425 g/mol. The fraction of sp³-hybridized carbons (Fsp3) is 0.261. The van der Waals surface area contributed by atoms with E-state index in [4.69, 9.17) is 9.15 Å². The van der Waals surface area contributed by atoms with Crippen molar-refractivity contribution < 1.29 is 23.1 Å². The van der Waals surface area contributed by atoms with Gasteiger partial charge >= 0.3 is 0 Å². The molecular formula is C23H24FN3O4. The Hall–Kier alpha value is -3.68. The number of benzene rings is 2. The van der Waals surface area contributed by atoms with Gasteiger partial charge in [-0.25, -0.2) is 9.37 Å². The van der Waals surface area contributed by atoms with E-state index in [0.717, 1.165) is 0 Å². The van der Waals surface area contributed by atoms with Gasteiger partial charge in [0.15, 0.2) is 11.7 Å². The summed E-state index contributed by atoms with van der Waals surface area (Å²) in [6.45, 7) is 2.12. The van der Waals surface area contributed by atoms with Crippen molar-refractivity contribution in [1.29, 1.82) is 0 Å². The third-order valence-electron chi connectivity index (χ3n) is 4.67. The lowest BCUT2D eigenvalue weighted by atomic mass is 10.2. The summed E-state index contributed by atoms with van der Waals surface area (Å²) in [5.74, 6) is 0.367. The molecule has 7 nitrogen and oxygen atoms in total. The summed E-state index contributed by atoms with van der Waals surface area (Å²) in [6, 6.07) is 13.2. The number of hydrogen-bond donors (Lipinski definition) is 1. The van der Waals surface area contributed by atoms with Crippen molar-refractivity contribution in [1.82, 2.24) is 9.88 Å². The molecule has 2 amide bonds. The van der Waals surface area contributed by atoms with Gasteiger partial charge in [-0.05, 0) is 31.2 Å².